The number of hydrogen-bond acceptors (Lipinski definition) is 2. The number of halogens is 1. The van der Waals surface area contributed by atoms with E-state index in [4.69, 9.17) is 5.11 Å². The van der Waals surface area contributed by atoms with Crippen molar-refractivity contribution in [3.8, 4) is 0 Å². The van der Waals surface area contributed by atoms with Gasteiger partial charge in [0.15, 0.2) is 0 Å². The zero-order valence-electron chi connectivity index (χ0n) is 10.4. The van der Waals surface area contributed by atoms with Crippen LogP contribution in [0.3, 0.4) is 0 Å². The van der Waals surface area contributed by atoms with Crippen LogP contribution in [-0.4, -0.2) is 23.5 Å². The van der Waals surface area contributed by atoms with E-state index in [1.165, 1.54) is 0 Å². The first kappa shape index (κ1) is 14.9. The van der Waals surface area contributed by atoms with Crippen LogP contribution in [0.4, 0.5) is 0 Å². The van der Waals surface area contributed by atoms with Crippen molar-refractivity contribution in [2.45, 2.75) is 20.3 Å². The summed E-state index contributed by atoms with van der Waals surface area (Å²) in [5, 5.41) is 11.4. The number of rotatable bonds is 5. The maximum atomic E-state index is 11.9. The smallest absolute Gasteiger partial charge is 0.303 e. The Hall–Kier alpha value is -1.11. The van der Waals surface area contributed by atoms with Crippen LogP contribution in [0.15, 0.2) is 18.2 Å². The van der Waals surface area contributed by atoms with Gasteiger partial charge in [-0.3, -0.25) is 9.59 Å². The van der Waals surface area contributed by atoms with Gasteiger partial charge in [-0.25, -0.2) is 0 Å². The second-order valence-electron chi connectivity index (χ2n) is 4.33. The zero-order valence-corrected chi connectivity index (χ0v) is 12.5. The third-order valence-electron chi connectivity index (χ3n) is 2.65. The molecule has 0 aliphatic heterocycles. The van der Waals surface area contributed by atoms with Gasteiger partial charge in [0.1, 0.15) is 0 Å². The first-order chi connectivity index (χ1) is 8.41. The van der Waals surface area contributed by atoms with Crippen LogP contribution in [0.2, 0.25) is 0 Å². The van der Waals surface area contributed by atoms with E-state index in [1.54, 1.807) is 13.0 Å². The van der Waals surface area contributed by atoms with Crippen molar-refractivity contribution in [1.82, 2.24) is 5.32 Å². The van der Waals surface area contributed by atoms with Gasteiger partial charge < -0.3 is 10.4 Å². The standard InChI is InChI=1S/C13H16INO3/c1-8(6-12(16)17)7-15-13(18)10-4-3-5-11(14)9(10)2/h3-5,8H,6-7H2,1-2H3,(H,15,18)(H,16,17). The lowest BCUT2D eigenvalue weighted by Gasteiger charge is -2.12. The Kier molecular flexibility index (Phi) is 5.58. The van der Waals surface area contributed by atoms with E-state index in [2.05, 4.69) is 27.9 Å². The lowest BCUT2D eigenvalue weighted by Crippen LogP contribution is -2.29. The van der Waals surface area contributed by atoms with E-state index in [-0.39, 0.29) is 18.2 Å². The molecule has 0 saturated carbocycles. The van der Waals surface area contributed by atoms with Crippen molar-refractivity contribution >= 4 is 34.5 Å². The van der Waals surface area contributed by atoms with E-state index in [9.17, 15) is 9.59 Å². The van der Waals surface area contributed by atoms with Crippen LogP contribution in [-0.2, 0) is 4.79 Å². The number of carbonyl (C=O) groups excluding carboxylic acids is 1. The normalized spacial score (nSPS) is 11.9. The second kappa shape index (κ2) is 6.72. The fourth-order valence-electron chi connectivity index (χ4n) is 1.59. The van der Waals surface area contributed by atoms with Gasteiger partial charge in [-0.1, -0.05) is 13.0 Å². The molecule has 1 aromatic rings. The molecule has 4 nitrogen and oxygen atoms in total. The molecule has 2 N–H and O–H groups in total. The molecule has 1 unspecified atom stereocenters. The molecule has 0 saturated heterocycles. The highest BCUT2D eigenvalue weighted by Crippen LogP contribution is 2.15. The van der Waals surface area contributed by atoms with E-state index >= 15 is 0 Å². The van der Waals surface area contributed by atoms with Gasteiger partial charge in [0.05, 0.1) is 0 Å². The summed E-state index contributed by atoms with van der Waals surface area (Å²) in [6, 6.07) is 5.55. The summed E-state index contributed by atoms with van der Waals surface area (Å²) in [6.45, 7) is 4.07. The molecular formula is C13H16INO3. The van der Waals surface area contributed by atoms with Crippen LogP contribution < -0.4 is 5.32 Å². The van der Waals surface area contributed by atoms with E-state index < -0.39 is 5.97 Å². The maximum absolute atomic E-state index is 11.9. The number of carboxylic acid groups (broad SMARTS) is 1. The minimum atomic E-state index is -0.845. The molecule has 0 aromatic heterocycles. The van der Waals surface area contributed by atoms with Crippen molar-refractivity contribution in [2.24, 2.45) is 5.92 Å². The molecular weight excluding hydrogens is 345 g/mol. The van der Waals surface area contributed by atoms with E-state index in [0.29, 0.717) is 12.1 Å². The molecule has 0 radical (unpaired) electrons. The summed E-state index contributed by atoms with van der Waals surface area (Å²) in [4.78, 5) is 22.5. The number of amides is 1. The summed E-state index contributed by atoms with van der Waals surface area (Å²) in [6.07, 6.45) is 0.0611. The predicted octanol–water partition coefficient (Wildman–Crippen LogP) is 2.44. The average Bonchev–Trinajstić information content (AvgIpc) is 2.29. The Balaban J connectivity index is 2.61. The third-order valence-corrected chi connectivity index (χ3v) is 3.82. The molecule has 0 heterocycles. The van der Waals surface area contributed by atoms with Gasteiger partial charge in [0, 0.05) is 22.1 Å². The molecule has 98 valence electrons. The quantitative estimate of drug-likeness (QED) is 0.792. The summed E-state index contributed by atoms with van der Waals surface area (Å²) < 4.78 is 1.04. The lowest BCUT2D eigenvalue weighted by molar-refractivity contribution is -0.137. The molecule has 1 atom stereocenters. The van der Waals surface area contributed by atoms with Crippen molar-refractivity contribution in [2.75, 3.05) is 6.54 Å². The molecule has 1 aromatic carbocycles. The largest absolute Gasteiger partial charge is 0.481 e. The monoisotopic (exact) mass is 361 g/mol. The van der Waals surface area contributed by atoms with Crippen molar-refractivity contribution < 1.29 is 14.7 Å². The molecule has 0 aliphatic rings. The molecule has 1 amide bonds. The van der Waals surface area contributed by atoms with Gasteiger partial charge >= 0.3 is 5.97 Å². The number of aliphatic carboxylic acids is 1. The molecule has 1 rings (SSSR count). The first-order valence-corrected chi connectivity index (χ1v) is 6.74. The van der Waals surface area contributed by atoms with E-state index in [0.717, 1.165) is 9.13 Å². The highest BCUT2D eigenvalue weighted by molar-refractivity contribution is 14.1. The van der Waals surface area contributed by atoms with Gasteiger partial charge in [-0.15, -0.1) is 0 Å². The summed E-state index contributed by atoms with van der Waals surface area (Å²) in [5.41, 5.74) is 1.59. The Morgan fingerprint density at radius 2 is 2.11 bits per heavy atom. The number of carboxylic acids is 1. The summed E-state index contributed by atoms with van der Waals surface area (Å²) >= 11 is 2.18. The van der Waals surface area contributed by atoms with Crippen molar-refractivity contribution in [1.29, 1.82) is 0 Å². The van der Waals surface area contributed by atoms with Crippen LogP contribution in [0.1, 0.15) is 29.3 Å². The summed E-state index contributed by atoms with van der Waals surface area (Å²) in [5.74, 6) is -1.07. The van der Waals surface area contributed by atoms with Gasteiger partial charge in [-0.05, 0) is 53.1 Å². The van der Waals surface area contributed by atoms with Crippen LogP contribution in [0.5, 0.6) is 0 Å². The molecule has 0 spiro atoms. The highest BCUT2D eigenvalue weighted by atomic mass is 127. The fourth-order valence-corrected chi connectivity index (χ4v) is 2.08. The highest BCUT2D eigenvalue weighted by Gasteiger charge is 2.13. The van der Waals surface area contributed by atoms with Gasteiger partial charge in [-0.2, -0.15) is 0 Å². The minimum Gasteiger partial charge on any atom is -0.481 e. The Bertz CT molecular complexity index is 460. The third kappa shape index (κ3) is 4.29. The van der Waals surface area contributed by atoms with Crippen LogP contribution in [0, 0.1) is 16.4 Å². The molecule has 0 bridgehead atoms. The fraction of sp³-hybridized carbons (Fsp3) is 0.385. The van der Waals surface area contributed by atoms with Gasteiger partial charge in [0.2, 0.25) is 0 Å². The molecule has 0 fully saturated rings. The molecule has 0 aliphatic carbocycles. The number of nitrogens with one attached hydrogen (secondary N) is 1. The number of carbonyl (C=O) groups is 2. The first-order valence-electron chi connectivity index (χ1n) is 5.67. The molecule has 5 heteroatoms. The van der Waals surface area contributed by atoms with Crippen LogP contribution >= 0.6 is 22.6 Å². The lowest BCUT2D eigenvalue weighted by atomic mass is 10.1. The van der Waals surface area contributed by atoms with Crippen molar-refractivity contribution in [3.63, 3.8) is 0 Å². The summed E-state index contributed by atoms with van der Waals surface area (Å²) in [7, 11) is 0. The zero-order chi connectivity index (χ0) is 13.7. The maximum Gasteiger partial charge on any atom is 0.303 e. The Labute approximate surface area is 120 Å². The SMILES string of the molecule is Cc1c(I)cccc1C(=O)NCC(C)CC(=O)O. The Morgan fingerprint density at radius 3 is 2.72 bits per heavy atom. The topological polar surface area (TPSA) is 66.4 Å². The van der Waals surface area contributed by atoms with Gasteiger partial charge in [0.25, 0.3) is 5.91 Å². The van der Waals surface area contributed by atoms with Crippen molar-refractivity contribution in [3.05, 3.63) is 32.9 Å². The predicted molar refractivity (Wildman–Crippen MR) is 77.6 cm³/mol. The second-order valence-corrected chi connectivity index (χ2v) is 5.49. The van der Waals surface area contributed by atoms with Crippen LogP contribution in [0.25, 0.3) is 0 Å². The van der Waals surface area contributed by atoms with E-state index in [1.807, 2.05) is 19.1 Å². The minimum absolute atomic E-state index is 0.0611. The Morgan fingerprint density at radius 1 is 1.44 bits per heavy atom. The number of benzene rings is 1. The molecule has 18 heavy (non-hydrogen) atoms. The average molecular weight is 361 g/mol. The number of hydrogen-bond donors (Lipinski definition) is 2.